The third-order valence-electron chi connectivity index (χ3n) is 6.07. The Morgan fingerprint density at radius 2 is 1.93 bits per heavy atom. The molecule has 3 rings (SSSR count). The van der Waals surface area contributed by atoms with Gasteiger partial charge in [-0.15, -0.1) is 0 Å². The summed E-state index contributed by atoms with van der Waals surface area (Å²) in [6.45, 7) is 11.2. The van der Waals surface area contributed by atoms with E-state index in [0.29, 0.717) is 18.0 Å². The van der Waals surface area contributed by atoms with Crippen LogP contribution in [-0.4, -0.2) is 86.2 Å². The molecular weight excluding hydrogens is 342 g/mol. The minimum absolute atomic E-state index is 0.278. The van der Waals surface area contributed by atoms with Crippen LogP contribution in [0, 0.1) is 5.92 Å². The number of carbonyl (C=O) groups excluding carboxylic acids is 1. The molecule has 0 spiro atoms. The minimum atomic E-state index is 0.278. The molecule has 1 aliphatic carbocycles. The maximum atomic E-state index is 12.6. The fraction of sp³-hybridized carbons (Fsp3) is 0.900. The van der Waals surface area contributed by atoms with E-state index in [1.54, 1.807) is 0 Å². The van der Waals surface area contributed by atoms with E-state index in [1.165, 1.54) is 12.8 Å². The van der Waals surface area contributed by atoms with E-state index in [-0.39, 0.29) is 5.92 Å². The largest absolute Gasteiger partial charge is 0.379 e. The van der Waals surface area contributed by atoms with Gasteiger partial charge in [0.25, 0.3) is 0 Å². The number of ether oxygens (including phenoxy) is 1. The zero-order valence-corrected chi connectivity index (χ0v) is 17.1. The van der Waals surface area contributed by atoms with E-state index in [2.05, 4.69) is 34.3 Å². The highest BCUT2D eigenvalue weighted by Crippen LogP contribution is 2.27. The third-order valence-corrected chi connectivity index (χ3v) is 6.07. The molecule has 2 unspecified atom stereocenters. The number of carbonyl (C=O) groups is 1. The Kier molecular flexibility index (Phi) is 7.76. The average molecular weight is 380 g/mol. The van der Waals surface area contributed by atoms with Gasteiger partial charge in [-0.1, -0.05) is 12.8 Å². The Morgan fingerprint density at radius 1 is 1.19 bits per heavy atom. The number of hydrogen-bond acceptors (Lipinski definition) is 4. The molecule has 27 heavy (non-hydrogen) atoms. The summed E-state index contributed by atoms with van der Waals surface area (Å²) >= 11 is 0. The van der Waals surface area contributed by atoms with Gasteiger partial charge in [0.05, 0.1) is 19.8 Å². The molecule has 2 saturated heterocycles. The van der Waals surface area contributed by atoms with Crippen molar-refractivity contribution >= 4 is 11.9 Å². The van der Waals surface area contributed by atoms with Crippen molar-refractivity contribution in [1.29, 1.82) is 0 Å². The average Bonchev–Trinajstić information content (AvgIpc) is 3.38. The number of nitrogens with one attached hydrogen (secondary N) is 2. The predicted molar refractivity (Wildman–Crippen MR) is 108 cm³/mol. The topological polar surface area (TPSA) is 69.2 Å². The van der Waals surface area contributed by atoms with Gasteiger partial charge in [0, 0.05) is 50.7 Å². The second-order valence-corrected chi connectivity index (χ2v) is 8.11. The van der Waals surface area contributed by atoms with Crippen molar-refractivity contribution in [2.75, 3.05) is 52.5 Å². The van der Waals surface area contributed by atoms with Gasteiger partial charge in [-0.25, -0.2) is 0 Å². The number of aliphatic imine (C=N–C) groups is 1. The molecule has 3 aliphatic rings. The number of amides is 1. The van der Waals surface area contributed by atoms with E-state index < -0.39 is 0 Å². The van der Waals surface area contributed by atoms with Gasteiger partial charge in [-0.2, -0.15) is 0 Å². The maximum Gasteiger partial charge on any atom is 0.225 e. The molecule has 2 aliphatic heterocycles. The quantitative estimate of drug-likeness (QED) is 0.533. The Morgan fingerprint density at radius 3 is 2.63 bits per heavy atom. The molecule has 2 atom stereocenters. The number of rotatable bonds is 6. The van der Waals surface area contributed by atoms with Crippen molar-refractivity contribution in [3.05, 3.63) is 0 Å². The fourth-order valence-corrected chi connectivity index (χ4v) is 4.38. The van der Waals surface area contributed by atoms with Gasteiger partial charge in [0.2, 0.25) is 5.91 Å². The number of nitrogens with zero attached hydrogens (tertiary/aromatic N) is 3. The van der Waals surface area contributed by atoms with E-state index in [1.807, 2.05) is 0 Å². The summed E-state index contributed by atoms with van der Waals surface area (Å²) < 4.78 is 5.43. The number of hydrogen-bond donors (Lipinski definition) is 2. The molecule has 0 aromatic carbocycles. The highest BCUT2D eigenvalue weighted by Gasteiger charge is 2.32. The lowest BCUT2D eigenvalue weighted by Gasteiger charge is -2.31. The summed E-state index contributed by atoms with van der Waals surface area (Å²) in [6, 6.07) is 0.709. The molecule has 0 radical (unpaired) electrons. The Bertz CT molecular complexity index is 501. The minimum Gasteiger partial charge on any atom is -0.379 e. The number of guanidine groups is 1. The second kappa shape index (κ2) is 10.3. The van der Waals surface area contributed by atoms with Crippen LogP contribution in [0.5, 0.6) is 0 Å². The molecule has 0 aromatic heterocycles. The van der Waals surface area contributed by atoms with Crippen molar-refractivity contribution < 1.29 is 9.53 Å². The lowest BCUT2D eigenvalue weighted by Crippen LogP contribution is -2.47. The monoisotopic (exact) mass is 379 g/mol. The zero-order chi connectivity index (χ0) is 19.1. The molecule has 1 amide bonds. The Balaban J connectivity index is 1.47. The predicted octanol–water partition coefficient (Wildman–Crippen LogP) is 1.05. The molecule has 0 bridgehead atoms. The van der Waals surface area contributed by atoms with Crippen molar-refractivity contribution in [2.45, 2.75) is 58.0 Å². The van der Waals surface area contributed by atoms with Crippen LogP contribution in [-0.2, 0) is 9.53 Å². The first-order valence-corrected chi connectivity index (χ1v) is 10.8. The summed E-state index contributed by atoms with van der Waals surface area (Å²) in [5, 5.41) is 6.91. The number of morpholine rings is 1. The fourth-order valence-electron chi connectivity index (χ4n) is 4.38. The van der Waals surface area contributed by atoms with Gasteiger partial charge in [-0.3, -0.25) is 14.7 Å². The van der Waals surface area contributed by atoms with Crippen LogP contribution in [0.25, 0.3) is 0 Å². The van der Waals surface area contributed by atoms with Gasteiger partial charge in [0.15, 0.2) is 5.96 Å². The standard InChI is InChI=1S/C20H37N5O2/c1-3-21-20(22-14-16(2)24-10-12-27-13-11-24)23-18-8-9-25(15-18)19(26)17-6-4-5-7-17/h16-18H,3-15H2,1-2H3,(H2,21,22,23). The summed E-state index contributed by atoms with van der Waals surface area (Å²) in [6.07, 6.45) is 5.59. The third kappa shape index (κ3) is 5.82. The maximum absolute atomic E-state index is 12.6. The van der Waals surface area contributed by atoms with E-state index >= 15 is 0 Å². The summed E-state index contributed by atoms with van der Waals surface area (Å²) in [5.74, 6) is 1.53. The second-order valence-electron chi connectivity index (χ2n) is 8.11. The van der Waals surface area contributed by atoms with Crippen LogP contribution < -0.4 is 10.6 Å². The molecule has 7 heteroatoms. The first-order valence-electron chi connectivity index (χ1n) is 10.8. The highest BCUT2D eigenvalue weighted by atomic mass is 16.5. The summed E-state index contributed by atoms with van der Waals surface area (Å²) in [5.41, 5.74) is 0. The Labute approximate surface area is 163 Å². The van der Waals surface area contributed by atoms with Gasteiger partial charge in [0.1, 0.15) is 0 Å². The first kappa shape index (κ1) is 20.4. The van der Waals surface area contributed by atoms with Crippen molar-refractivity contribution in [3.63, 3.8) is 0 Å². The Hall–Kier alpha value is -1.34. The van der Waals surface area contributed by atoms with Crippen LogP contribution in [0.1, 0.15) is 46.0 Å². The summed E-state index contributed by atoms with van der Waals surface area (Å²) in [7, 11) is 0. The molecule has 2 N–H and O–H groups in total. The SMILES string of the molecule is CCNC(=NCC(C)N1CCOCC1)NC1CCN(C(=O)C2CCCC2)C1. The van der Waals surface area contributed by atoms with Crippen LogP contribution in [0.2, 0.25) is 0 Å². The van der Waals surface area contributed by atoms with Crippen LogP contribution >= 0.6 is 0 Å². The highest BCUT2D eigenvalue weighted by molar-refractivity contribution is 5.81. The molecular formula is C20H37N5O2. The molecule has 7 nitrogen and oxygen atoms in total. The molecule has 0 aromatic rings. The first-order chi connectivity index (χ1) is 13.2. The molecule has 154 valence electrons. The van der Waals surface area contributed by atoms with Crippen molar-refractivity contribution in [3.8, 4) is 0 Å². The van der Waals surface area contributed by atoms with Gasteiger partial charge >= 0.3 is 0 Å². The van der Waals surface area contributed by atoms with Crippen LogP contribution in [0.15, 0.2) is 4.99 Å². The normalized spacial score (nSPS) is 26.4. The molecule has 3 fully saturated rings. The van der Waals surface area contributed by atoms with Crippen molar-refractivity contribution in [1.82, 2.24) is 20.4 Å². The van der Waals surface area contributed by atoms with E-state index in [9.17, 15) is 4.79 Å². The van der Waals surface area contributed by atoms with Crippen LogP contribution in [0.3, 0.4) is 0 Å². The lowest BCUT2D eigenvalue weighted by molar-refractivity contribution is -0.134. The van der Waals surface area contributed by atoms with E-state index in [4.69, 9.17) is 9.73 Å². The van der Waals surface area contributed by atoms with Crippen molar-refractivity contribution in [2.24, 2.45) is 10.9 Å². The lowest BCUT2D eigenvalue weighted by atomic mass is 10.1. The summed E-state index contributed by atoms with van der Waals surface area (Å²) in [4.78, 5) is 21.9. The van der Waals surface area contributed by atoms with Crippen LogP contribution in [0.4, 0.5) is 0 Å². The smallest absolute Gasteiger partial charge is 0.225 e. The molecule has 1 saturated carbocycles. The molecule has 2 heterocycles. The van der Waals surface area contributed by atoms with E-state index in [0.717, 1.165) is 77.7 Å². The van der Waals surface area contributed by atoms with Gasteiger partial charge < -0.3 is 20.3 Å². The number of likely N-dealkylation sites (tertiary alicyclic amines) is 1. The zero-order valence-electron chi connectivity index (χ0n) is 17.1. The van der Waals surface area contributed by atoms with Gasteiger partial charge in [-0.05, 0) is 33.1 Å².